The van der Waals surface area contributed by atoms with E-state index in [0.29, 0.717) is 72.0 Å². The van der Waals surface area contributed by atoms with Crippen LogP contribution in [0.2, 0.25) is 0 Å². The summed E-state index contributed by atoms with van der Waals surface area (Å²) >= 11 is 0. The zero-order chi connectivity index (χ0) is 19.9. The quantitative estimate of drug-likeness (QED) is 0.275. The van der Waals surface area contributed by atoms with Crippen LogP contribution in [0.15, 0.2) is 0 Å². The van der Waals surface area contributed by atoms with E-state index in [1.165, 1.54) is 0 Å². The molecule has 0 atom stereocenters. The molecule has 1 aliphatic rings. The second kappa shape index (κ2) is 13.7. The van der Waals surface area contributed by atoms with Gasteiger partial charge in [-0.1, -0.05) is 0 Å². The predicted molar refractivity (Wildman–Crippen MR) is 100 cm³/mol. The fraction of sp³-hybridized carbons (Fsp3) is 0.765. The van der Waals surface area contributed by atoms with Gasteiger partial charge in [0.25, 0.3) is 0 Å². The number of amides is 2. The van der Waals surface area contributed by atoms with E-state index < -0.39 is 0 Å². The molecule has 0 saturated carbocycles. The monoisotopic (exact) mass is 375 g/mol. The fourth-order valence-electron chi connectivity index (χ4n) is 2.85. The number of nitrogens with zero attached hydrogens (tertiary/aromatic N) is 7. The average Bonchev–Trinajstić information content (AvgIpc) is 3.00. The number of hydrogen-bond acceptors (Lipinski definition) is 8. The van der Waals surface area contributed by atoms with Crippen molar-refractivity contribution in [2.45, 2.75) is 0 Å². The van der Waals surface area contributed by atoms with Crippen LogP contribution < -0.4 is 11.1 Å². The van der Waals surface area contributed by atoms with Crippen molar-refractivity contribution in [1.82, 2.24) is 24.9 Å². The topological polar surface area (TPSA) is 139 Å². The van der Waals surface area contributed by atoms with Crippen molar-refractivity contribution in [2.75, 3.05) is 85.1 Å². The second-order valence-corrected chi connectivity index (χ2v) is 6.26. The van der Waals surface area contributed by atoms with E-state index in [9.17, 15) is 4.79 Å². The van der Waals surface area contributed by atoms with Gasteiger partial charge in [-0.05, 0) is 0 Å². The summed E-state index contributed by atoms with van der Waals surface area (Å²) in [6.45, 7) is 7.16. The van der Waals surface area contributed by atoms with Crippen molar-refractivity contribution in [3.05, 3.63) is 0 Å². The molecule has 0 spiro atoms. The molecule has 148 valence electrons. The molecule has 1 fully saturated rings. The number of carbonyl (C=O) groups is 1. The highest BCUT2D eigenvalue weighted by Gasteiger charge is 2.27. The van der Waals surface area contributed by atoms with Crippen LogP contribution in [0, 0.1) is 34.0 Å². The third kappa shape index (κ3) is 8.67. The molecule has 27 heavy (non-hydrogen) atoms. The summed E-state index contributed by atoms with van der Waals surface area (Å²) in [7, 11) is 0. The molecule has 10 nitrogen and oxygen atoms in total. The number of nitriles is 3. The molecule has 0 radical (unpaired) electrons. The summed E-state index contributed by atoms with van der Waals surface area (Å²) in [5.41, 5.74) is 5.54. The van der Waals surface area contributed by atoms with Gasteiger partial charge in [-0.2, -0.15) is 15.8 Å². The first-order valence-corrected chi connectivity index (χ1v) is 9.16. The van der Waals surface area contributed by atoms with Crippen LogP contribution in [0.25, 0.3) is 0 Å². The first-order chi connectivity index (χ1) is 13.2. The molecular weight excluding hydrogens is 346 g/mol. The second-order valence-electron chi connectivity index (χ2n) is 6.26. The minimum atomic E-state index is 0.0250. The van der Waals surface area contributed by atoms with Crippen molar-refractivity contribution in [1.29, 1.82) is 15.8 Å². The number of carbonyl (C=O) groups excluding carboxylic acids is 1. The number of hydrogen-bond donors (Lipinski definition) is 2. The third-order valence-corrected chi connectivity index (χ3v) is 4.36. The van der Waals surface area contributed by atoms with E-state index in [0.717, 1.165) is 0 Å². The zero-order valence-corrected chi connectivity index (χ0v) is 15.8. The van der Waals surface area contributed by atoms with Gasteiger partial charge in [0.2, 0.25) is 0 Å². The molecule has 1 heterocycles. The third-order valence-electron chi connectivity index (χ3n) is 4.36. The Balaban J connectivity index is 2.23. The number of nitrogens with two attached hydrogens (primary N) is 1. The highest BCUT2D eigenvalue weighted by molar-refractivity contribution is 5.76. The lowest BCUT2D eigenvalue weighted by Crippen LogP contribution is -2.41. The molecule has 10 heteroatoms. The molecule has 0 aliphatic carbocycles. The lowest BCUT2D eigenvalue weighted by atomic mass is 10.4. The standard InChI is InChI=1S/C17H29N9O/c18-1-7-23(8-2-19)11-5-22-6-12-25-15-16-26(17(25)27)14-13-24(9-3-20)10-4-21/h22H,3,5-16,20H2. The van der Waals surface area contributed by atoms with Gasteiger partial charge in [-0.25, -0.2) is 4.79 Å². The molecule has 1 saturated heterocycles. The summed E-state index contributed by atoms with van der Waals surface area (Å²) in [5, 5.41) is 29.5. The van der Waals surface area contributed by atoms with Crippen molar-refractivity contribution >= 4 is 6.03 Å². The van der Waals surface area contributed by atoms with E-state index >= 15 is 0 Å². The van der Waals surface area contributed by atoms with Crippen LogP contribution in [-0.2, 0) is 0 Å². The van der Waals surface area contributed by atoms with Gasteiger partial charge < -0.3 is 20.9 Å². The Morgan fingerprint density at radius 2 is 1.48 bits per heavy atom. The van der Waals surface area contributed by atoms with Gasteiger partial charge in [0.15, 0.2) is 0 Å². The maximum atomic E-state index is 12.4. The lowest BCUT2D eigenvalue weighted by Gasteiger charge is -2.23. The van der Waals surface area contributed by atoms with Gasteiger partial charge in [-0.15, -0.1) is 0 Å². The van der Waals surface area contributed by atoms with Gasteiger partial charge in [0.1, 0.15) is 0 Å². The van der Waals surface area contributed by atoms with Crippen molar-refractivity contribution in [3.63, 3.8) is 0 Å². The minimum Gasteiger partial charge on any atom is -0.329 e. The Morgan fingerprint density at radius 3 is 2.07 bits per heavy atom. The molecule has 0 aromatic heterocycles. The van der Waals surface area contributed by atoms with Crippen LogP contribution in [0.5, 0.6) is 0 Å². The van der Waals surface area contributed by atoms with Crippen molar-refractivity contribution < 1.29 is 4.79 Å². The van der Waals surface area contributed by atoms with Crippen molar-refractivity contribution in [3.8, 4) is 18.2 Å². The van der Waals surface area contributed by atoms with Gasteiger partial charge in [-0.3, -0.25) is 9.80 Å². The molecule has 1 rings (SSSR count). The van der Waals surface area contributed by atoms with E-state index in [1.54, 1.807) is 4.90 Å². The normalized spacial score (nSPS) is 13.9. The average molecular weight is 375 g/mol. The van der Waals surface area contributed by atoms with E-state index in [-0.39, 0.29) is 19.1 Å². The fourth-order valence-corrected chi connectivity index (χ4v) is 2.85. The Labute approximate surface area is 161 Å². The molecule has 0 unspecified atom stereocenters. The number of nitrogens with one attached hydrogen (secondary N) is 1. The van der Waals surface area contributed by atoms with Crippen LogP contribution in [-0.4, -0.2) is 111 Å². The Bertz CT molecular complexity index is 546. The Kier molecular flexibility index (Phi) is 11.5. The molecule has 2 amide bonds. The van der Waals surface area contributed by atoms with E-state index in [2.05, 4.69) is 11.4 Å². The van der Waals surface area contributed by atoms with Crippen LogP contribution in [0.3, 0.4) is 0 Å². The number of rotatable bonds is 14. The highest BCUT2D eigenvalue weighted by Crippen LogP contribution is 2.07. The largest absolute Gasteiger partial charge is 0.329 e. The summed E-state index contributed by atoms with van der Waals surface area (Å²) in [6.07, 6.45) is 0. The molecule has 3 N–H and O–H groups in total. The SMILES string of the molecule is N#CCN(CC#N)CCNCCN1CCN(CCN(CC#N)CCN)C1=O. The predicted octanol–water partition coefficient (Wildman–Crippen LogP) is -1.55. The van der Waals surface area contributed by atoms with Crippen LogP contribution >= 0.6 is 0 Å². The molecule has 0 aromatic rings. The summed E-state index contributed by atoms with van der Waals surface area (Å²) in [5.74, 6) is 0. The molecular formula is C17H29N9O. The first kappa shape index (κ1) is 22.6. The van der Waals surface area contributed by atoms with E-state index in [4.69, 9.17) is 21.5 Å². The summed E-state index contributed by atoms with van der Waals surface area (Å²) in [6, 6.07) is 6.24. The Morgan fingerprint density at radius 1 is 0.889 bits per heavy atom. The first-order valence-electron chi connectivity index (χ1n) is 9.16. The lowest BCUT2D eigenvalue weighted by molar-refractivity contribution is 0.185. The van der Waals surface area contributed by atoms with Crippen molar-refractivity contribution in [2.24, 2.45) is 5.73 Å². The zero-order valence-electron chi connectivity index (χ0n) is 15.8. The molecule has 1 aliphatic heterocycles. The summed E-state index contributed by atoms with van der Waals surface area (Å²) < 4.78 is 0. The summed E-state index contributed by atoms with van der Waals surface area (Å²) in [4.78, 5) is 19.8. The van der Waals surface area contributed by atoms with Gasteiger partial charge >= 0.3 is 6.03 Å². The molecule has 0 bridgehead atoms. The maximum absolute atomic E-state index is 12.4. The van der Waals surface area contributed by atoms with Gasteiger partial charge in [0, 0.05) is 65.4 Å². The maximum Gasteiger partial charge on any atom is 0.320 e. The minimum absolute atomic E-state index is 0.0250. The molecule has 0 aromatic carbocycles. The van der Waals surface area contributed by atoms with Crippen LogP contribution in [0.1, 0.15) is 0 Å². The number of urea groups is 1. The van der Waals surface area contributed by atoms with Crippen LogP contribution in [0.4, 0.5) is 4.79 Å². The Hall–Kier alpha value is -2.42. The highest BCUT2D eigenvalue weighted by atomic mass is 16.2. The van der Waals surface area contributed by atoms with Gasteiger partial charge in [0.05, 0.1) is 37.8 Å². The van der Waals surface area contributed by atoms with E-state index in [1.807, 2.05) is 26.8 Å². The smallest absolute Gasteiger partial charge is 0.320 e.